The predicted octanol–water partition coefficient (Wildman–Crippen LogP) is 4.74. The maximum absolute atomic E-state index is 12.8. The van der Waals surface area contributed by atoms with E-state index in [1.165, 1.54) is 0 Å². The minimum Gasteiger partial charge on any atom is -0.488 e. The molecule has 0 saturated carbocycles. The van der Waals surface area contributed by atoms with Crippen molar-refractivity contribution >= 4 is 56.8 Å². The van der Waals surface area contributed by atoms with Gasteiger partial charge in [-0.15, -0.1) is 0 Å². The molecule has 2 aromatic rings. The molecule has 0 bridgehead atoms. The third kappa shape index (κ3) is 3.17. The van der Waals surface area contributed by atoms with Crippen LogP contribution in [-0.2, 0) is 4.79 Å². The molecule has 2 saturated heterocycles. The van der Waals surface area contributed by atoms with Crippen LogP contribution in [0.15, 0.2) is 46.9 Å². The monoisotopic (exact) mass is 454 g/mol. The van der Waals surface area contributed by atoms with Crippen LogP contribution >= 0.6 is 39.1 Å². The fourth-order valence-corrected chi connectivity index (χ4v) is 4.09. The number of hydrogen-bond donors (Lipinski definition) is 0. The summed E-state index contributed by atoms with van der Waals surface area (Å²) < 4.78 is 6.87. The van der Waals surface area contributed by atoms with E-state index in [-0.39, 0.29) is 18.0 Å². The predicted molar refractivity (Wildman–Crippen MR) is 103 cm³/mol. The molecule has 2 aromatic carbocycles. The van der Waals surface area contributed by atoms with Gasteiger partial charge in [-0.3, -0.25) is 4.79 Å². The Hall–Kier alpha value is -1.76. The molecule has 5 nitrogen and oxygen atoms in total. The Morgan fingerprint density at radius 2 is 1.69 bits per heavy atom. The number of ether oxygens (including phenoxy) is 1. The van der Waals surface area contributed by atoms with Gasteiger partial charge in [-0.2, -0.15) is 0 Å². The largest absolute Gasteiger partial charge is 0.488 e. The zero-order valence-corrected chi connectivity index (χ0v) is 16.5. The standard InChI is InChI=1S/C18H13BrCl2N2O3/c19-10-1-3-14(4-2-10)26-15-8-16-17(24)23(18(25)22(16)9-15)13-6-11(20)5-12(21)7-13/h1-7,15-16H,8-9H2/t15-,16?/m0/s1. The Bertz CT molecular complexity index is 846. The average Bonchev–Trinajstić information content (AvgIpc) is 3.08. The van der Waals surface area contributed by atoms with Gasteiger partial charge < -0.3 is 9.64 Å². The lowest BCUT2D eigenvalue weighted by Gasteiger charge is -2.19. The van der Waals surface area contributed by atoms with E-state index in [2.05, 4.69) is 15.9 Å². The van der Waals surface area contributed by atoms with Crippen LogP contribution in [-0.4, -0.2) is 35.5 Å². The minimum absolute atomic E-state index is 0.223. The zero-order valence-electron chi connectivity index (χ0n) is 13.4. The van der Waals surface area contributed by atoms with Crippen molar-refractivity contribution in [3.05, 3.63) is 57.0 Å². The molecule has 2 aliphatic rings. The number of imide groups is 1. The molecule has 2 atom stereocenters. The summed E-state index contributed by atoms with van der Waals surface area (Å²) in [6.45, 7) is 0.357. The molecule has 1 unspecified atom stereocenters. The molecule has 0 aromatic heterocycles. The van der Waals surface area contributed by atoms with Crippen LogP contribution in [0.3, 0.4) is 0 Å². The Morgan fingerprint density at radius 1 is 1.04 bits per heavy atom. The fraction of sp³-hybridized carbons (Fsp3) is 0.222. The Labute approximate surface area is 168 Å². The van der Waals surface area contributed by atoms with Crippen LogP contribution in [0.4, 0.5) is 10.5 Å². The SMILES string of the molecule is O=C1C2C[C@H](Oc3ccc(Br)cc3)CN2C(=O)N1c1cc(Cl)cc(Cl)c1. The molecule has 134 valence electrons. The summed E-state index contributed by atoms with van der Waals surface area (Å²) in [6, 6.07) is 11.2. The highest BCUT2D eigenvalue weighted by Crippen LogP contribution is 2.35. The number of carbonyl (C=O) groups excluding carboxylic acids is 2. The second kappa shape index (κ2) is 6.76. The van der Waals surface area contributed by atoms with E-state index >= 15 is 0 Å². The first-order valence-corrected chi connectivity index (χ1v) is 9.50. The number of hydrogen-bond acceptors (Lipinski definition) is 3. The van der Waals surface area contributed by atoms with Gasteiger partial charge in [0.05, 0.1) is 12.2 Å². The van der Waals surface area contributed by atoms with Gasteiger partial charge in [0.2, 0.25) is 0 Å². The smallest absolute Gasteiger partial charge is 0.332 e. The molecule has 0 N–H and O–H groups in total. The van der Waals surface area contributed by atoms with Crippen molar-refractivity contribution in [2.75, 3.05) is 11.4 Å². The molecule has 0 aliphatic carbocycles. The lowest BCUT2D eigenvalue weighted by atomic mass is 10.2. The van der Waals surface area contributed by atoms with E-state index < -0.39 is 6.04 Å². The van der Waals surface area contributed by atoms with Crippen molar-refractivity contribution in [3.63, 3.8) is 0 Å². The topological polar surface area (TPSA) is 49.9 Å². The lowest BCUT2D eigenvalue weighted by Crippen LogP contribution is -2.36. The summed E-state index contributed by atoms with van der Waals surface area (Å²) >= 11 is 15.4. The Balaban J connectivity index is 1.51. The van der Waals surface area contributed by atoms with Crippen LogP contribution in [0, 0.1) is 0 Å². The molecule has 2 heterocycles. The number of fused-ring (bicyclic) bond motifs is 1. The summed E-state index contributed by atoms with van der Waals surface area (Å²) in [5, 5.41) is 0.744. The summed E-state index contributed by atoms with van der Waals surface area (Å²) in [5.41, 5.74) is 0.386. The number of urea groups is 1. The van der Waals surface area contributed by atoms with Crippen molar-refractivity contribution < 1.29 is 14.3 Å². The fourth-order valence-electron chi connectivity index (χ4n) is 3.31. The minimum atomic E-state index is -0.527. The summed E-state index contributed by atoms with van der Waals surface area (Å²) in [4.78, 5) is 28.2. The van der Waals surface area contributed by atoms with Gasteiger partial charge in [0, 0.05) is 20.9 Å². The van der Waals surface area contributed by atoms with Gasteiger partial charge in [0.15, 0.2) is 0 Å². The van der Waals surface area contributed by atoms with Crippen molar-refractivity contribution in [2.45, 2.75) is 18.6 Å². The van der Waals surface area contributed by atoms with Gasteiger partial charge in [-0.05, 0) is 42.5 Å². The molecule has 26 heavy (non-hydrogen) atoms. The van der Waals surface area contributed by atoms with Crippen LogP contribution in [0.2, 0.25) is 10.0 Å². The summed E-state index contributed by atoms with van der Waals surface area (Å²) in [6.07, 6.45) is 0.227. The van der Waals surface area contributed by atoms with Gasteiger partial charge in [0.25, 0.3) is 5.91 Å². The number of amides is 3. The van der Waals surface area contributed by atoms with Crippen LogP contribution in [0.1, 0.15) is 6.42 Å². The highest BCUT2D eigenvalue weighted by atomic mass is 79.9. The second-order valence-corrected chi connectivity index (χ2v) is 7.97. The van der Waals surface area contributed by atoms with Crippen molar-refractivity contribution in [2.24, 2.45) is 0 Å². The number of nitrogens with zero attached hydrogens (tertiary/aromatic N) is 2. The summed E-state index contributed by atoms with van der Waals surface area (Å²) in [5.74, 6) is 0.424. The summed E-state index contributed by atoms with van der Waals surface area (Å²) in [7, 11) is 0. The van der Waals surface area contributed by atoms with Crippen molar-refractivity contribution in [1.29, 1.82) is 0 Å². The van der Waals surface area contributed by atoms with Crippen LogP contribution in [0.25, 0.3) is 0 Å². The first-order valence-electron chi connectivity index (χ1n) is 7.95. The maximum atomic E-state index is 12.8. The second-order valence-electron chi connectivity index (χ2n) is 6.18. The number of halogens is 3. The lowest BCUT2D eigenvalue weighted by molar-refractivity contribution is -0.119. The molecule has 3 amide bonds. The van der Waals surface area contributed by atoms with Gasteiger partial charge in [0.1, 0.15) is 17.9 Å². The third-order valence-electron chi connectivity index (χ3n) is 4.43. The van der Waals surface area contributed by atoms with Crippen LogP contribution < -0.4 is 9.64 Å². The highest BCUT2D eigenvalue weighted by molar-refractivity contribution is 9.10. The number of carbonyl (C=O) groups is 2. The zero-order chi connectivity index (χ0) is 18.4. The molecule has 2 aliphatic heterocycles. The van der Waals surface area contributed by atoms with E-state index in [1.54, 1.807) is 23.1 Å². The first-order chi connectivity index (χ1) is 12.4. The number of rotatable bonds is 3. The van der Waals surface area contributed by atoms with Gasteiger partial charge in [-0.1, -0.05) is 39.1 Å². The quantitative estimate of drug-likeness (QED) is 0.627. The average molecular weight is 456 g/mol. The molecule has 0 radical (unpaired) electrons. The molecule has 8 heteroatoms. The number of benzene rings is 2. The normalized spacial score (nSPS) is 22.1. The van der Waals surface area contributed by atoms with E-state index in [1.807, 2.05) is 24.3 Å². The Kier molecular flexibility index (Phi) is 4.59. The van der Waals surface area contributed by atoms with Crippen molar-refractivity contribution in [1.82, 2.24) is 4.90 Å². The first kappa shape index (κ1) is 17.6. The molecular formula is C18H13BrCl2N2O3. The number of anilines is 1. The van der Waals surface area contributed by atoms with Gasteiger partial charge >= 0.3 is 6.03 Å². The van der Waals surface area contributed by atoms with E-state index in [0.29, 0.717) is 34.4 Å². The molecular weight excluding hydrogens is 443 g/mol. The molecule has 4 rings (SSSR count). The molecule has 0 spiro atoms. The van der Waals surface area contributed by atoms with E-state index in [0.717, 1.165) is 9.37 Å². The molecule has 2 fully saturated rings. The third-order valence-corrected chi connectivity index (χ3v) is 5.39. The van der Waals surface area contributed by atoms with Crippen molar-refractivity contribution in [3.8, 4) is 5.75 Å². The van der Waals surface area contributed by atoms with Gasteiger partial charge in [-0.25, -0.2) is 9.69 Å². The van der Waals surface area contributed by atoms with E-state index in [9.17, 15) is 9.59 Å². The van der Waals surface area contributed by atoms with E-state index in [4.69, 9.17) is 27.9 Å². The van der Waals surface area contributed by atoms with Crippen LogP contribution in [0.5, 0.6) is 5.75 Å². The highest BCUT2D eigenvalue weighted by Gasteiger charge is 2.51. The Morgan fingerprint density at radius 3 is 2.31 bits per heavy atom. The maximum Gasteiger partial charge on any atom is 0.332 e.